The van der Waals surface area contributed by atoms with E-state index in [2.05, 4.69) is 60.6 Å². The van der Waals surface area contributed by atoms with E-state index in [-0.39, 0.29) is 17.3 Å². The number of tetrazole rings is 1. The first-order chi connectivity index (χ1) is 13.5. The number of phenols is 1. The van der Waals surface area contributed by atoms with Crippen LogP contribution in [0.3, 0.4) is 0 Å². The summed E-state index contributed by atoms with van der Waals surface area (Å²) >= 11 is 0. The summed E-state index contributed by atoms with van der Waals surface area (Å²) < 4.78 is 1.98. The lowest BCUT2D eigenvalue weighted by atomic mass is 9.95. The van der Waals surface area contributed by atoms with Crippen molar-refractivity contribution in [3.05, 3.63) is 71.0 Å². The Morgan fingerprint density at radius 1 is 1.11 bits per heavy atom. The van der Waals surface area contributed by atoms with Crippen LogP contribution in [0.4, 0.5) is 0 Å². The van der Waals surface area contributed by atoms with Gasteiger partial charge in [-0.1, -0.05) is 31.2 Å². The second kappa shape index (κ2) is 7.36. The van der Waals surface area contributed by atoms with Crippen molar-refractivity contribution in [2.75, 3.05) is 6.54 Å². The third-order valence-corrected chi connectivity index (χ3v) is 6.08. The van der Waals surface area contributed by atoms with Crippen LogP contribution in [0, 0.1) is 0 Å². The number of quaternary nitrogens is 1. The Labute approximate surface area is 165 Å². The van der Waals surface area contributed by atoms with Gasteiger partial charge in [-0.15, -0.1) is 5.10 Å². The highest BCUT2D eigenvalue weighted by Gasteiger charge is 2.36. The number of aromatic hydroxyl groups is 1. The number of benzene rings is 2. The highest BCUT2D eigenvalue weighted by molar-refractivity contribution is 5.31. The predicted molar refractivity (Wildman–Crippen MR) is 107 cm³/mol. The molecule has 3 aromatic rings. The second-order valence-corrected chi connectivity index (χ2v) is 8.24. The molecular weight excluding hydrogens is 350 g/mol. The van der Waals surface area contributed by atoms with E-state index in [9.17, 15) is 5.11 Å². The maximum Gasteiger partial charge on any atom is 0.214 e. The quantitative estimate of drug-likeness (QED) is 0.715. The summed E-state index contributed by atoms with van der Waals surface area (Å²) in [4.78, 5) is 1.42. The van der Waals surface area contributed by atoms with Crippen molar-refractivity contribution in [3.8, 4) is 5.75 Å². The van der Waals surface area contributed by atoms with Crippen molar-refractivity contribution in [2.24, 2.45) is 0 Å². The van der Waals surface area contributed by atoms with Crippen molar-refractivity contribution in [2.45, 2.75) is 51.7 Å². The van der Waals surface area contributed by atoms with Gasteiger partial charge in [-0.25, -0.2) is 4.68 Å². The van der Waals surface area contributed by atoms with Gasteiger partial charge in [0, 0.05) is 17.5 Å². The molecule has 2 heterocycles. The molecule has 2 atom stereocenters. The number of aromatic nitrogens is 4. The van der Waals surface area contributed by atoms with E-state index in [1.54, 1.807) is 12.1 Å². The van der Waals surface area contributed by atoms with Crippen LogP contribution in [0.15, 0.2) is 48.5 Å². The van der Waals surface area contributed by atoms with Crippen molar-refractivity contribution < 1.29 is 10.0 Å². The molecule has 0 saturated carbocycles. The molecule has 4 rings (SSSR count). The lowest BCUT2D eigenvalue weighted by Gasteiger charge is -2.34. The average Bonchev–Trinajstić information content (AvgIpc) is 3.20. The molecule has 0 aliphatic carbocycles. The van der Waals surface area contributed by atoms with E-state index >= 15 is 0 Å². The molecule has 0 fully saturated rings. The van der Waals surface area contributed by atoms with Crippen LogP contribution in [0.1, 0.15) is 55.7 Å². The molecule has 2 aromatic carbocycles. The Balaban J connectivity index is 1.79. The molecule has 0 spiro atoms. The molecular formula is C22H28N5O+. The fraction of sp³-hybridized carbons (Fsp3) is 0.409. The summed E-state index contributed by atoms with van der Waals surface area (Å²) in [5.41, 5.74) is 3.78. The molecule has 6 nitrogen and oxygen atoms in total. The van der Waals surface area contributed by atoms with E-state index in [1.807, 2.05) is 16.8 Å². The van der Waals surface area contributed by atoms with Gasteiger partial charge in [0.05, 0.1) is 12.1 Å². The van der Waals surface area contributed by atoms with Gasteiger partial charge in [0.25, 0.3) is 0 Å². The summed E-state index contributed by atoms with van der Waals surface area (Å²) in [7, 11) is 0. The van der Waals surface area contributed by atoms with Crippen LogP contribution in [-0.4, -0.2) is 31.9 Å². The van der Waals surface area contributed by atoms with Crippen LogP contribution < -0.4 is 4.90 Å². The number of rotatable bonds is 5. The first-order valence-corrected chi connectivity index (χ1v) is 9.98. The van der Waals surface area contributed by atoms with E-state index < -0.39 is 0 Å². The second-order valence-electron chi connectivity index (χ2n) is 8.24. The van der Waals surface area contributed by atoms with Crippen molar-refractivity contribution >= 4 is 0 Å². The minimum absolute atomic E-state index is 0.00906. The number of hydrogen-bond donors (Lipinski definition) is 2. The molecule has 0 saturated heterocycles. The van der Waals surface area contributed by atoms with Gasteiger partial charge in [0.2, 0.25) is 5.82 Å². The molecule has 1 unspecified atom stereocenters. The van der Waals surface area contributed by atoms with Gasteiger partial charge in [0.15, 0.2) is 6.04 Å². The number of phenolic OH excluding ortho intramolecular Hbond substituents is 1. The Morgan fingerprint density at radius 3 is 2.54 bits per heavy atom. The predicted octanol–water partition coefficient (Wildman–Crippen LogP) is 2.25. The number of nitrogens with zero attached hydrogens (tertiary/aromatic N) is 4. The Bertz CT molecular complexity index is 948. The van der Waals surface area contributed by atoms with Crippen molar-refractivity contribution in [1.29, 1.82) is 0 Å². The zero-order valence-electron chi connectivity index (χ0n) is 16.8. The zero-order chi connectivity index (χ0) is 19.7. The van der Waals surface area contributed by atoms with E-state index in [0.29, 0.717) is 0 Å². The number of nitrogens with one attached hydrogen (secondary N) is 1. The molecule has 2 N–H and O–H groups in total. The average molecular weight is 379 g/mol. The summed E-state index contributed by atoms with van der Waals surface area (Å²) in [5.74, 6) is 1.15. The topological polar surface area (TPSA) is 68.3 Å². The van der Waals surface area contributed by atoms with Crippen LogP contribution in [0.25, 0.3) is 0 Å². The van der Waals surface area contributed by atoms with Gasteiger partial charge in [-0.2, -0.15) is 0 Å². The molecule has 0 bridgehead atoms. The number of fused-ring (bicyclic) bond motifs is 1. The maximum absolute atomic E-state index is 9.78. The Hall–Kier alpha value is -2.73. The Morgan fingerprint density at radius 2 is 1.82 bits per heavy atom. The highest BCUT2D eigenvalue weighted by Crippen LogP contribution is 2.26. The van der Waals surface area contributed by atoms with Gasteiger partial charge in [0.1, 0.15) is 12.3 Å². The van der Waals surface area contributed by atoms with Gasteiger partial charge in [-0.05, 0) is 60.5 Å². The molecule has 0 amide bonds. The third-order valence-electron chi connectivity index (χ3n) is 6.08. The molecule has 1 aliphatic heterocycles. The van der Waals surface area contributed by atoms with Gasteiger partial charge >= 0.3 is 0 Å². The number of hydrogen-bond acceptors (Lipinski definition) is 4. The molecule has 1 aliphatic rings. The highest BCUT2D eigenvalue weighted by atomic mass is 16.3. The lowest BCUT2D eigenvalue weighted by Crippen LogP contribution is -3.12. The third kappa shape index (κ3) is 3.40. The van der Waals surface area contributed by atoms with E-state index in [0.717, 1.165) is 37.3 Å². The zero-order valence-corrected chi connectivity index (χ0v) is 16.8. The van der Waals surface area contributed by atoms with Crippen molar-refractivity contribution in [3.63, 3.8) is 0 Å². The van der Waals surface area contributed by atoms with Crippen LogP contribution in [0.5, 0.6) is 5.75 Å². The largest absolute Gasteiger partial charge is 0.508 e. The van der Waals surface area contributed by atoms with Gasteiger partial charge < -0.3 is 10.0 Å². The minimum atomic E-state index is -0.166. The summed E-state index contributed by atoms with van der Waals surface area (Å²) in [5, 5.41) is 22.7. The van der Waals surface area contributed by atoms with Crippen molar-refractivity contribution in [1.82, 2.24) is 20.2 Å². The summed E-state index contributed by atoms with van der Waals surface area (Å²) in [6, 6.07) is 16.2. The smallest absolute Gasteiger partial charge is 0.214 e. The maximum atomic E-state index is 9.78. The SMILES string of the molecule is CCC(C)(C)n1nnnc1[C@H](c1ccc(O)cc1)[NH+]1CCc2ccccc2C1. The molecule has 6 heteroatoms. The molecule has 28 heavy (non-hydrogen) atoms. The first-order valence-electron chi connectivity index (χ1n) is 9.98. The molecule has 1 aromatic heterocycles. The first kappa shape index (κ1) is 18.6. The minimum Gasteiger partial charge on any atom is -0.508 e. The van der Waals surface area contributed by atoms with Crippen LogP contribution >= 0.6 is 0 Å². The normalized spacial score (nSPS) is 17.9. The fourth-order valence-corrected chi connectivity index (χ4v) is 4.04. The fourth-order valence-electron chi connectivity index (χ4n) is 4.04. The lowest BCUT2D eigenvalue weighted by molar-refractivity contribution is -0.941. The summed E-state index contributed by atoms with van der Waals surface area (Å²) in [6.45, 7) is 8.44. The van der Waals surface area contributed by atoms with Crippen LogP contribution in [-0.2, 0) is 18.5 Å². The summed E-state index contributed by atoms with van der Waals surface area (Å²) in [6.07, 6.45) is 1.98. The monoisotopic (exact) mass is 378 g/mol. The standard InChI is InChI=1S/C22H27N5O/c1-4-22(2,3)27-21(23-24-25-27)20(17-9-11-19(28)12-10-17)26-14-13-16-7-5-6-8-18(16)15-26/h5-12,20,28H,4,13-15H2,1-3H3/p+1/t20-/m0/s1. The molecule has 0 radical (unpaired) electrons. The Kier molecular flexibility index (Phi) is 4.89. The van der Waals surface area contributed by atoms with Gasteiger partial charge in [-0.3, -0.25) is 0 Å². The molecule has 146 valence electrons. The van der Waals surface area contributed by atoms with Crippen LogP contribution in [0.2, 0.25) is 0 Å². The van der Waals surface area contributed by atoms with E-state index in [1.165, 1.54) is 16.0 Å². The van der Waals surface area contributed by atoms with E-state index in [4.69, 9.17) is 0 Å².